The summed E-state index contributed by atoms with van der Waals surface area (Å²) in [5.41, 5.74) is 0. The molecule has 0 bridgehead atoms. The van der Waals surface area contributed by atoms with Gasteiger partial charge in [0.05, 0.1) is 11.8 Å². The second-order valence-electron chi connectivity index (χ2n) is 3.58. The van der Waals surface area contributed by atoms with Crippen LogP contribution >= 0.6 is 0 Å². The first-order valence-electron chi connectivity index (χ1n) is 4.74. The van der Waals surface area contributed by atoms with Gasteiger partial charge in [0.15, 0.2) is 0 Å². The summed E-state index contributed by atoms with van der Waals surface area (Å²) in [4.78, 5) is 31.8. The Kier molecular flexibility index (Phi) is 3.65. The lowest BCUT2D eigenvalue weighted by molar-refractivity contribution is -0.140. The Hall–Kier alpha value is -1.59. The van der Waals surface area contributed by atoms with Crippen molar-refractivity contribution in [2.24, 2.45) is 11.8 Å². The number of carbonyl (C=O) groups excluding carboxylic acids is 1. The zero-order chi connectivity index (χ0) is 11.4. The molecule has 3 N–H and O–H groups in total. The number of nitrogens with one attached hydrogen (secondary N) is 1. The summed E-state index contributed by atoms with van der Waals surface area (Å²) >= 11 is 0. The third-order valence-corrected chi connectivity index (χ3v) is 2.31. The highest BCUT2D eigenvalue weighted by Crippen LogP contribution is 2.38. The van der Waals surface area contributed by atoms with Crippen LogP contribution in [0, 0.1) is 11.8 Å². The summed E-state index contributed by atoms with van der Waals surface area (Å²) in [6, 6.07) is 0. The predicted molar refractivity (Wildman–Crippen MR) is 49.1 cm³/mol. The Bertz CT molecular complexity index is 288. The van der Waals surface area contributed by atoms with Crippen molar-refractivity contribution in [3.8, 4) is 0 Å². The van der Waals surface area contributed by atoms with E-state index in [4.69, 9.17) is 10.2 Å². The molecular formula is C9H13NO5. The molecule has 6 heteroatoms. The van der Waals surface area contributed by atoms with Gasteiger partial charge in [-0.1, -0.05) is 0 Å². The number of aliphatic carboxylic acids is 2. The number of carboxylic acid groups (broad SMARTS) is 2. The van der Waals surface area contributed by atoms with E-state index < -0.39 is 23.8 Å². The molecule has 6 nitrogen and oxygen atoms in total. The van der Waals surface area contributed by atoms with Crippen LogP contribution in [0.2, 0.25) is 0 Å². The average molecular weight is 215 g/mol. The van der Waals surface area contributed by atoms with Crippen LogP contribution in [-0.2, 0) is 14.4 Å². The highest BCUT2D eigenvalue weighted by molar-refractivity contribution is 5.89. The summed E-state index contributed by atoms with van der Waals surface area (Å²) in [6.07, 6.45) is 0.763. The smallest absolute Gasteiger partial charge is 0.307 e. The van der Waals surface area contributed by atoms with E-state index >= 15 is 0 Å². The molecule has 0 saturated heterocycles. The topological polar surface area (TPSA) is 104 Å². The highest BCUT2D eigenvalue weighted by atomic mass is 16.4. The van der Waals surface area contributed by atoms with E-state index in [2.05, 4.69) is 5.32 Å². The normalized spacial score (nSPS) is 23.2. The lowest BCUT2D eigenvalue weighted by atomic mass is 10.2. The number of hydrogen-bond donors (Lipinski definition) is 3. The molecule has 15 heavy (non-hydrogen) atoms. The van der Waals surface area contributed by atoms with Crippen molar-refractivity contribution in [2.75, 3.05) is 6.54 Å². The standard InChI is InChI=1S/C9H13NO5/c11-7(12)2-1-3-10-8(13)5-4-6(5)9(14)15/h5-6H,1-4H2,(H,10,13)(H,11,12)(H,14,15). The molecule has 0 aromatic carbocycles. The van der Waals surface area contributed by atoms with Crippen molar-refractivity contribution in [2.45, 2.75) is 19.3 Å². The molecule has 0 heterocycles. The van der Waals surface area contributed by atoms with Crippen LogP contribution in [0.1, 0.15) is 19.3 Å². The maximum atomic E-state index is 11.2. The van der Waals surface area contributed by atoms with Gasteiger partial charge in [-0.2, -0.15) is 0 Å². The summed E-state index contributed by atoms with van der Waals surface area (Å²) in [5, 5.41) is 19.4. The maximum Gasteiger partial charge on any atom is 0.307 e. The first-order chi connectivity index (χ1) is 7.02. The number of rotatable bonds is 6. The van der Waals surface area contributed by atoms with Crippen LogP contribution < -0.4 is 5.32 Å². The molecule has 0 radical (unpaired) electrons. The zero-order valence-electron chi connectivity index (χ0n) is 8.10. The predicted octanol–water partition coefficient (Wildman–Crippen LogP) is -0.312. The number of hydrogen-bond acceptors (Lipinski definition) is 3. The molecule has 1 aliphatic carbocycles. The first kappa shape index (κ1) is 11.5. The van der Waals surface area contributed by atoms with E-state index in [1.807, 2.05) is 0 Å². The average Bonchev–Trinajstić information content (AvgIpc) is 2.90. The van der Waals surface area contributed by atoms with E-state index in [1.165, 1.54) is 0 Å². The quantitative estimate of drug-likeness (QED) is 0.527. The third-order valence-electron chi connectivity index (χ3n) is 2.31. The van der Waals surface area contributed by atoms with E-state index in [-0.39, 0.29) is 18.9 Å². The molecule has 0 aromatic rings. The molecule has 1 fully saturated rings. The van der Waals surface area contributed by atoms with Gasteiger partial charge < -0.3 is 15.5 Å². The van der Waals surface area contributed by atoms with Gasteiger partial charge in [0.25, 0.3) is 0 Å². The van der Waals surface area contributed by atoms with Crippen LogP contribution in [-0.4, -0.2) is 34.6 Å². The fourth-order valence-corrected chi connectivity index (χ4v) is 1.34. The van der Waals surface area contributed by atoms with Gasteiger partial charge in [-0.25, -0.2) is 0 Å². The van der Waals surface area contributed by atoms with Crippen LogP contribution in [0.3, 0.4) is 0 Å². The minimum Gasteiger partial charge on any atom is -0.481 e. The van der Waals surface area contributed by atoms with Gasteiger partial charge in [-0.3, -0.25) is 14.4 Å². The molecule has 0 aliphatic heterocycles. The van der Waals surface area contributed by atoms with Gasteiger partial charge in [-0.05, 0) is 12.8 Å². The monoisotopic (exact) mass is 215 g/mol. The molecule has 1 aliphatic rings. The molecule has 1 saturated carbocycles. The largest absolute Gasteiger partial charge is 0.481 e. The molecular weight excluding hydrogens is 202 g/mol. The van der Waals surface area contributed by atoms with Gasteiger partial charge in [-0.15, -0.1) is 0 Å². The van der Waals surface area contributed by atoms with Gasteiger partial charge in [0.2, 0.25) is 5.91 Å². The number of carboxylic acids is 2. The Morgan fingerprint density at radius 1 is 1.20 bits per heavy atom. The summed E-state index contributed by atoms with van der Waals surface area (Å²) in [7, 11) is 0. The van der Waals surface area contributed by atoms with Crippen LogP contribution in [0.4, 0.5) is 0 Å². The molecule has 84 valence electrons. The van der Waals surface area contributed by atoms with Crippen molar-refractivity contribution in [1.29, 1.82) is 0 Å². The molecule has 2 unspecified atom stereocenters. The second-order valence-corrected chi connectivity index (χ2v) is 3.58. The SMILES string of the molecule is O=C(O)CCCNC(=O)C1CC1C(=O)O. The van der Waals surface area contributed by atoms with Gasteiger partial charge >= 0.3 is 11.9 Å². The van der Waals surface area contributed by atoms with Crippen molar-refractivity contribution in [3.05, 3.63) is 0 Å². The van der Waals surface area contributed by atoms with Crippen LogP contribution in [0.25, 0.3) is 0 Å². The number of carbonyl (C=O) groups is 3. The second kappa shape index (κ2) is 4.77. The van der Waals surface area contributed by atoms with Crippen LogP contribution in [0.5, 0.6) is 0 Å². The van der Waals surface area contributed by atoms with E-state index in [1.54, 1.807) is 0 Å². The van der Waals surface area contributed by atoms with Gasteiger partial charge in [0, 0.05) is 13.0 Å². The summed E-state index contributed by atoms with van der Waals surface area (Å²) in [6.45, 7) is 0.286. The lowest BCUT2D eigenvalue weighted by Gasteiger charge is -2.02. The van der Waals surface area contributed by atoms with E-state index in [0.717, 1.165) is 0 Å². The lowest BCUT2D eigenvalue weighted by Crippen LogP contribution is -2.27. The minimum absolute atomic E-state index is 0.00725. The van der Waals surface area contributed by atoms with Crippen molar-refractivity contribution in [3.63, 3.8) is 0 Å². The van der Waals surface area contributed by atoms with Crippen LogP contribution in [0.15, 0.2) is 0 Å². The van der Waals surface area contributed by atoms with Crippen molar-refractivity contribution < 1.29 is 24.6 Å². The molecule has 1 amide bonds. The highest BCUT2D eigenvalue weighted by Gasteiger charge is 2.48. The number of amides is 1. The van der Waals surface area contributed by atoms with E-state index in [0.29, 0.717) is 12.8 Å². The molecule has 1 rings (SSSR count). The molecule has 2 atom stereocenters. The van der Waals surface area contributed by atoms with E-state index in [9.17, 15) is 14.4 Å². The Labute approximate surface area is 86.3 Å². The van der Waals surface area contributed by atoms with Gasteiger partial charge in [0.1, 0.15) is 0 Å². The maximum absolute atomic E-state index is 11.2. The Morgan fingerprint density at radius 3 is 2.33 bits per heavy atom. The first-order valence-corrected chi connectivity index (χ1v) is 4.74. The fraction of sp³-hybridized carbons (Fsp3) is 0.667. The summed E-state index contributed by atoms with van der Waals surface area (Å²) < 4.78 is 0. The zero-order valence-corrected chi connectivity index (χ0v) is 8.10. The fourth-order valence-electron chi connectivity index (χ4n) is 1.34. The minimum atomic E-state index is -0.944. The summed E-state index contributed by atoms with van der Waals surface area (Å²) in [5.74, 6) is -3.11. The molecule has 0 spiro atoms. The third kappa shape index (κ3) is 3.57. The molecule has 0 aromatic heterocycles. The Balaban J connectivity index is 2.10. The Morgan fingerprint density at radius 2 is 1.87 bits per heavy atom. The van der Waals surface area contributed by atoms with Crippen molar-refractivity contribution in [1.82, 2.24) is 5.32 Å². The van der Waals surface area contributed by atoms with Crippen molar-refractivity contribution >= 4 is 17.8 Å².